The van der Waals surface area contributed by atoms with Crippen LogP contribution in [0.15, 0.2) is 24.3 Å². The topological polar surface area (TPSA) is 41.5 Å². The number of benzene rings is 1. The molecule has 0 aromatic heterocycles. The third-order valence-electron chi connectivity index (χ3n) is 3.23. The van der Waals surface area contributed by atoms with Gasteiger partial charge in [0, 0.05) is 12.1 Å². The lowest BCUT2D eigenvalue weighted by Gasteiger charge is -2.19. The molecular formula is C14H21NO2. The van der Waals surface area contributed by atoms with Crippen molar-refractivity contribution in [3.8, 4) is 5.75 Å². The molecule has 1 aliphatic rings. The molecule has 0 radical (unpaired) electrons. The Morgan fingerprint density at radius 2 is 2.18 bits per heavy atom. The van der Waals surface area contributed by atoms with Crippen molar-refractivity contribution in [1.29, 1.82) is 0 Å². The number of aliphatic hydroxyl groups excluding tert-OH is 1. The normalized spacial score (nSPS) is 23.9. The molecule has 94 valence electrons. The van der Waals surface area contributed by atoms with Crippen molar-refractivity contribution in [3.63, 3.8) is 0 Å². The van der Waals surface area contributed by atoms with Crippen LogP contribution in [0.2, 0.25) is 0 Å². The Kier molecular flexibility index (Phi) is 4.40. The summed E-state index contributed by atoms with van der Waals surface area (Å²) >= 11 is 0. The number of para-hydroxylation sites is 1. The highest BCUT2D eigenvalue weighted by Crippen LogP contribution is 2.26. The first-order valence-corrected chi connectivity index (χ1v) is 6.44. The van der Waals surface area contributed by atoms with Gasteiger partial charge in [0.05, 0.1) is 6.10 Å². The van der Waals surface area contributed by atoms with Crippen LogP contribution in [0.4, 0.5) is 0 Å². The van der Waals surface area contributed by atoms with E-state index in [1.54, 1.807) is 0 Å². The van der Waals surface area contributed by atoms with E-state index in [2.05, 4.69) is 18.3 Å². The molecule has 0 bridgehead atoms. The number of rotatable bonds is 5. The summed E-state index contributed by atoms with van der Waals surface area (Å²) in [4.78, 5) is 0. The summed E-state index contributed by atoms with van der Waals surface area (Å²) in [5.41, 5.74) is 1.16. The van der Waals surface area contributed by atoms with E-state index in [4.69, 9.17) is 4.74 Å². The van der Waals surface area contributed by atoms with Gasteiger partial charge in [-0.25, -0.2) is 0 Å². The average Bonchev–Trinajstić information content (AvgIpc) is 2.74. The fourth-order valence-corrected chi connectivity index (χ4v) is 2.23. The van der Waals surface area contributed by atoms with Gasteiger partial charge in [0.25, 0.3) is 0 Å². The summed E-state index contributed by atoms with van der Waals surface area (Å²) in [6.07, 6.45) is 2.54. The summed E-state index contributed by atoms with van der Waals surface area (Å²) in [5.74, 6) is 0.902. The Morgan fingerprint density at radius 3 is 2.88 bits per heavy atom. The van der Waals surface area contributed by atoms with Crippen molar-refractivity contribution < 1.29 is 9.84 Å². The number of nitrogens with one attached hydrogen (secondary N) is 1. The minimum absolute atomic E-state index is 0.0298. The van der Waals surface area contributed by atoms with Crippen LogP contribution in [0.5, 0.6) is 5.75 Å². The first-order valence-electron chi connectivity index (χ1n) is 6.44. The highest BCUT2D eigenvalue weighted by Gasteiger charge is 2.27. The maximum atomic E-state index is 9.78. The lowest BCUT2D eigenvalue weighted by Crippen LogP contribution is -2.26. The molecule has 3 heteroatoms. The summed E-state index contributed by atoms with van der Waals surface area (Å²) in [6.45, 7) is 3.85. The molecule has 2 rings (SSSR count). The molecule has 3 nitrogen and oxygen atoms in total. The predicted octanol–water partition coefficient (Wildman–Crippen LogP) is 2.09. The minimum Gasteiger partial charge on any atom is -0.487 e. The van der Waals surface area contributed by atoms with Gasteiger partial charge in [-0.1, -0.05) is 25.1 Å². The molecule has 0 saturated heterocycles. The smallest absolute Gasteiger partial charge is 0.124 e. The van der Waals surface area contributed by atoms with Crippen molar-refractivity contribution >= 4 is 0 Å². The third kappa shape index (κ3) is 3.20. The van der Waals surface area contributed by atoms with E-state index in [1.807, 2.05) is 18.2 Å². The molecule has 2 N–H and O–H groups in total. The van der Waals surface area contributed by atoms with Gasteiger partial charge < -0.3 is 15.2 Å². The van der Waals surface area contributed by atoms with Gasteiger partial charge in [0.15, 0.2) is 0 Å². The van der Waals surface area contributed by atoms with E-state index in [9.17, 15) is 5.11 Å². The Labute approximate surface area is 103 Å². The third-order valence-corrected chi connectivity index (χ3v) is 3.23. The molecule has 2 unspecified atom stereocenters. The Hall–Kier alpha value is -1.06. The average molecular weight is 235 g/mol. The van der Waals surface area contributed by atoms with E-state index in [-0.39, 0.29) is 12.2 Å². The fraction of sp³-hybridized carbons (Fsp3) is 0.571. The van der Waals surface area contributed by atoms with Crippen LogP contribution >= 0.6 is 0 Å². The van der Waals surface area contributed by atoms with Gasteiger partial charge in [-0.3, -0.25) is 0 Å². The van der Waals surface area contributed by atoms with Gasteiger partial charge in [0.1, 0.15) is 11.9 Å². The zero-order chi connectivity index (χ0) is 12.1. The highest BCUT2D eigenvalue weighted by molar-refractivity contribution is 5.33. The predicted molar refractivity (Wildman–Crippen MR) is 68.1 cm³/mol. The number of ether oxygens (including phenoxy) is 1. The van der Waals surface area contributed by atoms with Crippen LogP contribution in [-0.4, -0.2) is 23.9 Å². The molecule has 0 amide bonds. The van der Waals surface area contributed by atoms with Gasteiger partial charge in [0.2, 0.25) is 0 Å². The molecular weight excluding hydrogens is 214 g/mol. The van der Waals surface area contributed by atoms with E-state index < -0.39 is 0 Å². The van der Waals surface area contributed by atoms with E-state index in [0.29, 0.717) is 0 Å². The summed E-state index contributed by atoms with van der Waals surface area (Å²) < 4.78 is 5.93. The number of hydrogen-bond acceptors (Lipinski definition) is 3. The maximum absolute atomic E-state index is 9.78. The molecule has 0 heterocycles. The Morgan fingerprint density at radius 1 is 1.35 bits per heavy atom. The second-order valence-electron chi connectivity index (χ2n) is 4.54. The molecule has 0 aliphatic heterocycles. The largest absolute Gasteiger partial charge is 0.487 e. The van der Waals surface area contributed by atoms with Crippen LogP contribution in [0.1, 0.15) is 31.7 Å². The highest BCUT2D eigenvalue weighted by atomic mass is 16.5. The van der Waals surface area contributed by atoms with Crippen molar-refractivity contribution in [2.24, 2.45) is 0 Å². The van der Waals surface area contributed by atoms with Crippen molar-refractivity contribution in [2.75, 3.05) is 6.54 Å². The Bertz CT molecular complexity index is 354. The van der Waals surface area contributed by atoms with Crippen LogP contribution in [-0.2, 0) is 6.54 Å². The second-order valence-corrected chi connectivity index (χ2v) is 4.54. The van der Waals surface area contributed by atoms with E-state index in [0.717, 1.165) is 43.7 Å². The first kappa shape index (κ1) is 12.4. The summed E-state index contributed by atoms with van der Waals surface area (Å²) in [6, 6.07) is 8.05. The molecule has 17 heavy (non-hydrogen) atoms. The van der Waals surface area contributed by atoms with Gasteiger partial charge in [-0.15, -0.1) is 0 Å². The molecule has 1 saturated carbocycles. The molecule has 1 aromatic rings. The zero-order valence-corrected chi connectivity index (χ0v) is 10.4. The molecule has 1 aromatic carbocycles. The number of aliphatic hydroxyl groups is 1. The van der Waals surface area contributed by atoms with Crippen molar-refractivity contribution in [1.82, 2.24) is 5.32 Å². The van der Waals surface area contributed by atoms with Crippen molar-refractivity contribution in [2.45, 2.75) is 44.9 Å². The van der Waals surface area contributed by atoms with Gasteiger partial charge >= 0.3 is 0 Å². The lowest BCUT2D eigenvalue weighted by atomic mass is 10.2. The van der Waals surface area contributed by atoms with Gasteiger partial charge in [-0.2, -0.15) is 0 Å². The number of hydrogen-bond donors (Lipinski definition) is 2. The SMILES string of the molecule is CCNCc1ccccc1OC1CCCC1O. The van der Waals surface area contributed by atoms with Crippen LogP contribution in [0, 0.1) is 0 Å². The summed E-state index contributed by atoms with van der Waals surface area (Å²) in [7, 11) is 0. The zero-order valence-electron chi connectivity index (χ0n) is 10.4. The van der Waals surface area contributed by atoms with Crippen molar-refractivity contribution in [3.05, 3.63) is 29.8 Å². The molecule has 1 aliphatic carbocycles. The van der Waals surface area contributed by atoms with Crippen LogP contribution < -0.4 is 10.1 Å². The van der Waals surface area contributed by atoms with Crippen LogP contribution in [0.25, 0.3) is 0 Å². The maximum Gasteiger partial charge on any atom is 0.124 e. The minimum atomic E-state index is -0.304. The monoisotopic (exact) mass is 235 g/mol. The lowest BCUT2D eigenvalue weighted by molar-refractivity contribution is 0.0597. The fourth-order valence-electron chi connectivity index (χ4n) is 2.23. The molecule has 2 atom stereocenters. The molecule has 0 spiro atoms. The second kappa shape index (κ2) is 6.03. The summed E-state index contributed by atoms with van der Waals surface area (Å²) in [5, 5.41) is 13.1. The van der Waals surface area contributed by atoms with Gasteiger partial charge in [-0.05, 0) is 31.9 Å². The van der Waals surface area contributed by atoms with Crippen LogP contribution in [0.3, 0.4) is 0 Å². The Balaban J connectivity index is 2.03. The van der Waals surface area contributed by atoms with E-state index in [1.165, 1.54) is 0 Å². The van der Waals surface area contributed by atoms with E-state index >= 15 is 0 Å². The quantitative estimate of drug-likeness (QED) is 0.821. The standard InChI is InChI=1S/C14H21NO2/c1-2-15-10-11-6-3-4-8-13(11)17-14-9-5-7-12(14)16/h3-4,6,8,12,14-16H,2,5,7,9-10H2,1H3. The first-order chi connectivity index (χ1) is 8.31. The molecule has 1 fully saturated rings.